The van der Waals surface area contributed by atoms with E-state index in [-0.39, 0.29) is 17.9 Å². The van der Waals surface area contributed by atoms with Crippen LogP contribution in [0.25, 0.3) is 10.8 Å². The molecule has 1 aliphatic heterocycles. The smallest absolute Gasteiger partial charge is 0.228 e. The molecule has 0 unspecified atom stereocenters. The van der Waals surface area contributed by atoms with Crippen molar-refractivity contribution in [2.45, 2.75) is 51.2 Å². The molecule has 1 saturated heterocycles. The minimum atomic E-state index is -0.915. The van der Waals surface area contributed by atoms with Gasteiger partial charge in [-0.3, -0.25) is 9.78 Å². The molecule has 2 fully saturated rings. The van der Waals surface area contributed by atoms with Gasteiger partial charge in [-0.15, -0.1) is 0 Å². The van der Waals surface area contributed by atoms with Gasteiger partial charge in [0.2, 0.25) is 5.91 Å². The fraction of sp³-hybridized carbons (Fsp3) is 0.385. The quantitative estimate of drug-likeness (QED) is 0.603. The van der Waals surface area contributed by atoms with Crippen LogP contribution in [0.15, 0.2) is 36.8 Å². The second-order valence-electron chi connectivity index (χ2n) is 8.99. The molecule has 3 aromatic rings. The van der Waals surface area contributed by atoms with Crippen LogP contribution < -0.4 is 5.32 Å². The first kappa shape index (κ1) is 21.5. The Balaban J connectivity index is 1.41. The summed E-state index contributed by atoms with van der Waals surface area (Å²) in [7, 11) is 0. The van der Waals surface area contributed by atoms with E-state index < -0.39 is 5.60 Å². The molecule has 2 atom stereocenters. The van der Waals surface area contributed by atoms with Gasteiger partial charge in [0.25, 0.3) is 0 Å². The number of hydrogen-bond donors (Lipinski definition) is 2. The SMILES string of the molecule is Cc1ncc(C#Cc2ccc([C@@]3(O)CCO[C@@H](C)C3)cn2)c2cc(NC(=O)C3CC3)ncc12. The summed E-state index contributed by atoms with van der Waals surface area (Å²) < 4.78 is 5.56. The van der Waals surface area contributed by atoms with Gasteiger partial charge in [0, 0.05) is 59.4 Å². The number of aliphatic hydroxyl groups is 1. The second kappa shape index (κ2) is 8.54. The molecular weight excluding hydrogens is 416 g/mol. The molecule has 33 heavy (non-hydrogen) atoms. The topological polar surface area (TPSA) is 97.2 Å². The van der Waals surface area contributed by atoms with Crippen molar-refractivity contribution in [1.82, 2.24) is 15.0 Å². The maximum Gasteiger partial charge on any atom is 0.228 e. The Morgan fingerprint density at radius 3 is 2.73 bits per heavy atom. The van der Waals surface area contributed by atoms with Crippen molar-refractivity contribution in [3.8, 4) is 11.8 Å². The molecule has 3 aromatic heterocycles. The lowest BCUT2D eigenvalue weighted by atomic mass is 9.85. The first-order chi connectivity index (χ1) is 15.9. The van der Waals surface area contributed by atoms with E-state index in [1.807, 2.05) is 32.0 Å². The maximum atomic E-state index is 12.1. The molecule has 1 aliphatic carbocycles. The van der Waals surface area contributed by atoms with Crippen molar-refractivity contribution in [3.05, 3.63) is 59.3 Å². The summed E-state index contributed by atoms with van der Waals surface area (Å²) in [4.78, 5) is 25.4. The number of hydrogen-bond acceptors (Lipinski definition) is 6. The van der Waals surface area contributed by atoms with E-state index in [4.69, 9.17) is 4.74 Å². The minimum Gasteiger partial charge on any atom is -0.385 e. The molecule has 0 spiro atoms. The predicted octanol–water partition coefficient (Wildman–Crippen LogP) is 3.47. The molecule has 7 heteroatoms. The lowest BCUT2D eigenvalue weighted by Crippen LogP contribution is -2.37. The van der Waals surface area contributed by atoms with E-state index in [2.05, 4.69) is 32.1 Å². The van der Waals surface area contributed by atoms with Crippen LogP contribution in [-0.2, 0) is 15.1 Å². The van der Waals surface area contributed by atoms with Gasteiger partial charge in [0.1, 0.15) is 11.5 Å². The van der Waals surface area contributed by atoms with E-state index in [9.17, 15) is 9.90 Å². The number of pyridine rings is 3. The van der Waals surface area contributed by atoms with Crippen molar-refractivity contribution in [1.29, 1.82) is 0 Å². The monoisotopic (exact) mass is 442 g/mol. The highest BCUT2D eigenvalue weighted by atomic mass is 16.5. The van der Waals surface area contributed by atoms with Crippen molar-refractivity contribution < 1.29 is 14.6 Å². The molecule has 7 nitrogen and oxygen atoms in total. The van der Waals surface area contributed by atoms with Crippen molar-refractivity contribution in [2.24, 2.45) is 5.92 Å². The van der Waals surface area contributed by atoms with Gasteiger partial charge in [-0.1, -0.05) is 12.0 Å². The first-order valence-corrected chi connectivity index (χ1v) is 11.3. The molecule has 0 radical (unpaired) electrons. The first-order valence-electron chi connectivity index (χ1n) is 11.3. The highest BCUT2D eigenvalue weighted by Gasteiger charge is 2.35. The number of nitrogens with one attached hydrogen (secondary N) is 1. The van der Waals surface area contributed by atoms with Gasteiger partial charge in [-0.05, 0) is 44.7 Å². The summed E-state index contributed by atoms with van der Waals surface area (Å²) in [5, 5.41) is 15.7. The average molecular weight is 443 g/mol. The Labute approximate surface area is 192 Å². The summed E-state index contributed by atoms with van der Waals surface area (Å²) in [6.45, 7) is 4.42. The standard InChI is InChI=1S/C26H26N4O3/c1-16-12-26(32,9-10-33-16)20-6-8-21(28-14-20)7-5-19-13-27-17(2)23-15-29-24(11-22(19)23)30-25(31)18-3-4-18/h6,8,11,13-16,18,32H,3-4,9-10,12H2,1-2H3,(H,29,30,31)/t16-,26+/m0/s1. The summed E-state index contributed by atoms with van der Waals surface area (Å²) in [5.74, 6) is 6.91. The zero-order chi connectivity index (χ0) is 23.0. The van der Waals surface area contributed by atoms with Crippen LogP contribution in [0.4, 0.5) is 5.82 Å². The number of anilines is 1. The lowest BCUT2D eigenvalue weighted by molar-refractivity contribution is -0.117. The highest BCUT2D eigenvalue weighted by Crippen LogP contribution is 2.34. The number of carbonyl (C=O) groups is 1. The molecule has 4 heterocycles. The zero-order valence-corrected chi connectivity index (χ0v) is 18.8. The summed E-state index contributed by atoms with van der Waals surface area (Å²) in [6, 6.07) is 5.57. The van der Waals surface area contributed by atoms with Crippen molar-refractivity contribution in [2.75, 3.05) is 11.9 Å². The molecule has 1 amide bonds. The number of carbonyl (C=O) groups excluding carboxylic acids is 1. The van der Waals surface area contributed by atoms with E-state index >= 15 is 0 Å². The van der Waals surface area contributed by atoms with Gasteiger partial charge >= 0.3 is 0 Å². The maximum absolute atomic E-state index is 12.1. The second-order valence-corrected chi connectivity index (χ2v) is 8.99. The molecule has 1 saturated carbocycles. The molecular formula is C26H26N4O3. The van der Waals surface area contributed by atoms with Crippen LogP contribution in [0.2, 0.25) is 0 Å². The average Bonchev–Trinajstić information content (AvgIpc) is 3.65. The Bertz CT molecular complexity index is 1270. The van der Waals surface area contributed by atoms with E-state index in [0.717, 1.165) is 40.4 Å². The highest BCUT2D eigenvalue weighted by molar-refractivity contribution is 5.96. The molecule has 0 aromatic carbocycles. The van der Waals surface area contributed by atoms with E-state index in [1.54, 1.807) is 18.6 Å². The van der Waals surface area contributed by atoms with Gasteiger partial charge in [0.15, 0.2) is 0 Å². The van der Waals surface area contributed by atoms with Crippen LogP contribution in [0.1, 0.15) is 55.1 Å². The Hall–Kier alpha value is -3.34. The third-order valence-electron chi connectivity index (χ3n) is 6.34. The number of aromatic nitrogens is 3. The van der Waals surface area contributed by atoms with Crippen molar-refractivity contribution in [3.63, 3.8) is 0 Å². The molecule has 2 aliphatic rings. The normalized spacial score (nSPS) is 22.5. The fourth-order valence-corrected chi connectivity index (χ4v) is 4.21. The third-order valence-corrected chi connectivity index (χ3v) is 6.34. The number of ether oxygens (including phenoxy) is 1. The fourth-order valence-electron chi connectivity index (χ4n) is 4.21. The minimum absolute atomic E-state index is 0.0129. The van der Waals surface area contributed by atoms with Crippen LogP contribution >= 0.6 is 0 Å². The lowest BCUT2D eigenvalue weighted by Gasteiger charge is -2.35. The Morgan fingerprint density at radius 1 is 1.15 bits per heavy atom. The Morgan fingerprint density at radius 2 is 2.00 bits per heavy atom. The van der Waals surface area contributed by atoms with E-state index in [1.165, 1.54) is 0 Å². The number of nitrogens with zero attached hydrogens (tertiary/aromatic N) is 3. The molecule has 5 rings (SSSR count). The third kappa shape index (κ3) is 4.58. The van der Waals surface area contributed by atoms with Gasteiger partial charge in [-0.25, -0.2) is 9.97 Å². The summed E-state index contributed by atoms with van der Waals surface area (Å²) in [5.41, 5.74) is 2.06. The van der Waals surface area contributed by atoms with Gasteiger partial charge < -0.3 is 15.2 Å². The number of fused-ring (bicyclic) bond motifs is 1. The zero-order valence-electron chi connectivity index (χ0n) is 18.8. The molecule has 2 N–H and O–H groups in total. The largest absolute Gasteiger partial charge is 0.385 e. The summed E-state index contributed by atoms with van der Waals surface area (Å²) in [6.07, 6.45) is 8.16. The predicted molar refractivity (Wildman–Crippen MR) is 124 cm³/mol. The van der Waals surface area contributed by atoms with E-state index in [0.29, 0.717) is 31.0 Å². The Kier molecular flexibility index (Phi) is 5.57. The number of amides is 1. The van der Waals surface area contributed by atoms with Gasteiger partial charge in [0.05, 0.1) is 23.9 Å². The van der Waals surface area contributed by atoms with Crippen LogP contribution in [-0.4, -0.2) is 38.7 Å². The van der Waals surface area contributed by atoms with Crippen LogP contribution in [0.3, 0.4) is 0 Å². The number of rotatable bonds is 3. The number of aryl methyl sites for hydroxylation is 1. The summed E-state index contributed by atoms with van der Waals surface area (Å²) >= 11 is 0. The van der Waals surface area contributed by atoms with Gasteiger partial charge in [-0.2, -0.15) is 0 Å². The van der Waals surface area contributed by atoms with Crippen molar-refractivity contribution >= 4 is 22.5 Å². The molecule has 0 bridgehead atoms. The van der Waals surface area contributed by atoms with Crippen LogP contribution in [0, 0.1) is 24.7 Å². The molecule has 168 valence electrons. The van der Waals surface area contributed by atoms with Crippen LogP contribution in [0.5, 0.6) is 0 Å².